The normalized spacial score (nSPS) is 19.0. The summed E-state index contributed by atoms with van der Waals surface area (Å²) in [5.41, 5.74) is -0.563. The Kier molecular flexibility index (Phi) is 8.22. The summed E-state index contributed by atoms with van der Waals surface area (Å²) in [6.07, 6.45) is 5.10. The van der Waals surface area contributed by atoms with Crippen LogP contribution in [-0.2, 0) is 19.0 Å². The number of unbranched alkanes of at least 4 members (excludes halogenated alkanes) is 1. The van der Waals surface area contributed by atoms with Crippen LogP contribution in [0.5, 0.6) is 0 Å². The van der Waals surface area contributed by atoms with Gasteiger partial charge in [0.05, 0.1) is 19.8 Å². The first kappa shape index (κ1) is 18.4. The van der Waals surface area contributed by atoms with Gasteiger partial charge in [-0.25, -0.2) is 0 Å². The fourth-order valence-electron chi connectivity index (χ4n) is 2.33. The average molecular weight is 301 g/mol. The highest BCUT2D eigenvalue weighted by molar-refractivity contribution is 5.80. The Morgan fingerprint density at radius 3 is 2.67 bits per heavy atom. The molecule has 5 nitrogen and oxygen atoms in total. The van der Waals surface area contributed by atoms with Crippen LogP contribution >= 0.6 is 0 Å². The van der Waals surface area contributed by atoms with Gasteiger partial charge in [0, 0.05) is 19.3 Å². The van der Waals surface area contributed by atoms with E-state index < -0.39 is 5.54 Å². The molecule has 0 saturated heterocycles. The third-order valence-corrected chi connectivity index (χ3v) is 3.77. The van der Waals surface area contributed by atoms with E-state index in [1.807, 2.05) is 20.8 Å². The number of hydrogen-bond donors (Lipinski definition) is 1. The molecule has 21 heavy (non-hydrogen) atoms. The van der Waals surface area contributed by atoms with Gasteiger partial charge in [0.25, 0.3) is 0 Å². The summed E-state index contributed by atoms with van der Waals surface area (Å²) in [5, 5.41) is 3.41. The molecule has 0 aromatic heterocycles. The lowest BCUT2D eigenvalue weighted by Gasteiger charge is -2.28. The Bertz CT molecular complexity index is 307. The molecule has 0 aromatic rings. The second-order valence-electron chi connectivity index (χ2n) is 6.04. The van der Waals surface area contributed by atoms with Crippen molar-refractivity contribution in [3.8, 4) is 0 Å². The Morgan fingerprint density at radius 2 is 2.10 bits per heavy atom. The number of nitrogens with one attached hydrogen (secondary N) is 1. The monoisotopic (exact) mass is 301 g/mol. The summed E-state index contributed by atoms with van der Waals surface area (Å²) in [5.74, 6) is -0.167. The number of methoxy groups -OCH3 is 1. The summed E-state index contributed by atoms with van der Waals surface area (Å²) < 4.78 is 15.9. The fourth-order valence-corrected chi connectivity index (χ4v) is 2.33. The maximum absolute atomic E-state index is 12.0. The van der Waals surface area contributed by atoms with Crippen LogP contribution in [0.4, 0.5) is 0 Å². The van der Waals surface area contributed by atoms with E-state index in [0.717, 1.165) is 38.7 Å². The van der Waals surface area contributed by atoms with Crippen LogP contribution < -0.4 is 5.32 Å². The van der Waals surface area contributed by atoms with Gasteiger partial charge in [-0.1, -0.05) is 0 Å². The molecule has 124 valence electrons. The van der Waals surface area contributed by atoms with Gasteiger partial charge >= 0.3 is 5.97 Å². The van der Waals surface area contributed by atoms with Gasteiger partial charge in [-0.15, -0.1) is 0 Å². The van der Waals surface area contributed by atoms with Gasteiger partial charge in [-0.3, -0.25) is 10.1 Å². The minimum atomic E-state index is -0.563. The summed E-state index contributed by atoms with van der Waals surface area (Å²) >= 11 is 0. The molecule has 0 heterocycles. The molecule has 1 rings (SSSR count). The van der Waals surface area contributed by atoms with Gasteiger partial charge < -0.3 is 14.2 Å². The van der Waals surface area contributed by atoms with Crippen LogP contribution in [0.25, 0.3) is 0 Å². The molecule has 0 amide bonds. The zero-order chi connectivity index (χ0) is 15.7. The van der Waals surface area contributed by atoms with Gasteiger partial charge in [0.15, 0.2) is 0 Å². The summed E-state index contributed by atoms with van der Waals surface area (Å²) in [6.45, 7) is 8.00. The van der Waals surface area contributed by atoms with Gasteiger partial charge in [0.1, 0.15) is 5.54 Å². The first-order chi connectivity index (χ1) is 10.0. The van der Waals surface area contributed by atoms with Crippen LogP contribution in [-0.4, -0.2) is 50.6 Å². The minimum Gasteiger partial charge on any atom is -0.468 e. The summed E-state index contributed by atoms with van der Waals surface area (Å²) in [7, 11) is 1.45. The van der Waals surface area contributed by atoms with Crippen LogP contribution in [0, 0.1) is 0 Å². The van der Waals surface area contributed by atoms with Gasteiger partial charge in [-0.2, -0.15) is 0 Å². The maximum Gasteiger partial charge on any atom is 0.325 e. The van der Waals surface area contributed by atoms with E-state index in [9.17, 15) is 4.79 Å². The standard InChI is InChI=1S/C16H31NO4/c1-5-20-12-13(2)21-11-7-6-10-16(3,15(18)19-4)17-14-8-9-14/h13-14,17H,5-12H2,1-4H3. The maximum atomic E-state index is 12.0. The number of ether oxygens (including phenoxy) is 3. The van der Waals surface area contributed by atoms with E-state index in [0.29, 0.717) is 19.3 Å². The SMILES string of the molecule is CCOCC(C)OCCCCC(C)(NC1CC1)C(=O)OC. The topological polar surface area (TPSA) is 56.8 Å². The van der Waals surface area contributed by atoms with Gasteiger partial charge in [-0.05, 0) is 52.9 Å². The van der Waals surface area contributed by atoms with Crippen LogP contribution in [0.1, 0.15) is 52.9 Å². The molecule has 2 atom stereocenters. The van der Waals surface area contributed by atoms with E-state index in [1.54, 1.807) is 0 Å². The van der Waals surface area contributed by atoms with E-state index >= 15 is 0 Å². The van der Waals surface area contributed by atoms with Crippen molar-refractivity contribution in [2.75, 3.05) is 26.9 Å². The predicted molar refractivity (Wildman–Crippen MR) is 82.3 cm³/mol. The smallest absolute Gasteiger partial charge is 0.325 e. The zero-order valence-electron chi connectivity index (χ0n) is 13.9. The number of carbonyl (C=O) groups is 1. The molecular weight excluding hydrogens is 270 g/mol. The van der Waals surface area contributed by atoms with Crippen molar-refractivity contribution in [2.24, 2.45) is 0 Å². The third kappa shape index (κ3) is 7.25. The fraction of sp³-hybridized carbons (Fsp3) is 0.938. The van der Waals surface area contributed by atoms with E-state index in [-0.39, 0.29) is 12.1 Å². The number of hydrogen-bond acceptors (Lipinski definition) is 5. The highest BCUT2D eigenvalue weighted by atomic mass is 16.5. The first-order valence-electron chi connectivity index (χ1n) is 8.07. The third-order valence-electron chi connectivity index (χ3n) is 3.77. The lowest BCUT2D eigenvalue weighted by molar-refractivity contribution is -0.148. The Hall–Kier alpha value is -0.650. The highest BCUT2D eigenvalue weighted by Gasteiger charge is 2.38. The molecule has 0 aromatic carbocycles. The van der Waals surface area contributed by atoms with E-state index in [1.165, 1.54) is 7.11 Å². The Balaban J connectivity index is 2.19. The minimum absolute atomic E-state index is 0.126. The van der Waals surface area contributed by atoms with Crippen molar-refractivity contribution >= 4 is 5.97 Å². The lowest BCUT2D eigenvalue weighted by atomic mass is 9.94. The van der Waals surface area contributed by atoms with Crippen molar-refractivity contribution in [1.29, 1.82) is 0 Å². The summed E-state index contributed by atoms with van der Waals surface area (Å²) in [6, 6.07) is 0.483. The van der Waals surface area contributed by atoms with Crippen molar-refractivity contribution in [2.45, 2.75) is 70.6 Å². The molecule has 0 spiro atoms. The van der Waals surface area contributed by atoms with Crippen molar-refractivity contribution < 1.29 is 19.0 Å². The molecule has 1 aliphatic carbocycles. The number of rotatable bonds is 12. The summed E-state index contributed by atoms with van der Waals surface area (Å²) in [4.78, 5) is 12.0. The number of esters is 1. The largest absolute Gasteiger partial charge is 0.468 e. The Morgan fingerprint density at radius 1 is 1.38 bits per heavy atom. The molecule has 2 unspecified atom stereocenters. The van der Waals surface area contributed by atoms with Crippen molar-refractivity contribution in [3.63, 3.8) is 0 Å². The Labute approximate surface area is 128 Å². The van der Waals surface area contributed by atoms with Crippen LogP contribution in [0.15, 0.2) is 0 Å². The molecule has 1 saturated carbocycles. The van der Waals surface area contributed by atoms with Gasteiger partial charge in [0.2, 0.25) is 0 Å². The lowest BCUT2D eigenvalue weighted by Crippen LogP contribution is -2.51. The quantitative estimate of drug-likeness (QED) is 0.443. The molecule has 0 bridgehead atoms. The molecule has 0 aliphatic heterocycles. The second-order valence-corrected chi connectivity index (χ2v) is 6.04. The average Bonchev–Trinajstić information content (AvgIpc) is 3.27. The van der Waals surface area contributed by atoms with Crippen molar-refractivity contribution in [1.82, 2.24) is 5.32 Å². The molecule has 1 fully saturated rings. The molecule has 1 N–H and O–H groups in total. The van der Waals surface area contributed by atoms with E-state index in [2.05, 4.69) is 5.32 Å². The van der Waals surface area contributed by atoms with Crippen molar-refractivity contribution in [3.05, 3.63) is 0 Å². The second kappa shape index (κ2) is 9.38. The molecule has 1 aliphatic rings. The predicted octanol–water partition coefficient (Wildman–Crippen LogP) is 2.28. The molecular formula is C16H31NO4. The zero-order valence-corrected chi connectivity index (χ0v) is 13.9. The first-order valence-corrected chi connectivity index (χ1v) is 8.07. The van der Waals surface area contributed by atoms with Crippen LogP contribution in [0.2, 0.25) is 0 Å². The highest BCUT2D eigenvalue weighted by Crippen LogP contribution is 2.26. The number of carbonyl (C=O) groups excluding carboxylic acids is 1. The molecule has 0 radical (unpaired) electrons. The molecule has 5 heteroatoms. The van der Waals surface area contributed by atoms with E-state index in [4.69, 9.17) is 14.2 Å². The van der Waals surface area contributed by atoms with Crippen LogP contribution in [0.3, 0.4) is 0 Å².